The van der Waals surface area contributed by atoms with Gasteiger partial charge in [-0.25, -0.2) is 0 Å². The SMILES string of the molecule is C1=CC(c2ccccc2)=NC(c2cccc(-c3ccc4c(c3)C3(c5ccccc5-4)c4ccccc4N(c4ccccc4)c4ccccc43)c2)N1. The van der Waals surface area contributed by atoms with Crippen molar-refractivity contribution in [3.8, 4) is 22.3 Å². The summed E-state index contributed by atoms with van der Waals surface area (Å²) in [5, 5.41) is 3.48. The largest absolute Gasteiger partial charge is 0.366 e. The average Bonchev–Trinajstić information content (AvgIpc) is 3.49. The van der Waals surface area contributed by atoms with E-state index in [0.717, 1.165) is 22.5 Å². The van der Waals surface area contributed by atoms with Gasteiger partial charge in [-0.15, -0.1) is 0 Å². The molecule has 0 radical (unpaired) electrons. The molecule has 0 amide bonds. The molecular weight excluding hydrogens is 607 g/mol. The van der Waals surface area contributed by atoms with E-state index >= 15 is 0 Å². The minimum atomic E-state index is -0.484. The fraction of sp³-hybridized carbons (Fsp3) is 0.0426. The smallest absolute Gasteiger partial charge is 0.145 e. The molecule has 0 aromatic heterocycles. The number of hydrogen-bond acceptors (Lipinski definition) is 3. The molecule has 1 unspecified atom stereocenters. The summed E-state index contributed by atoms with van der Waals surface area (Å²) in [5.41, 5.74) is 16.5. The van der Waals surface area contributed by atoms with Crippen LogP contribution in [0.5, 0.6) is 0 Å². The van der Waals surface area contributed by atoms with E-state index in [1.807, 2.05) is 18.3 Å². The van der Waals surface area contributed by atoms with Gasteiger partial charge in [-0.05, 0) is 98.1 Å². The Bertz CT molecular complexity index is 2430. The molecule has 1 spiro atoms. The van der Waals surface area contributed by atoms with Crippen molar-refractivity contribution in [1.82, 2.24) is 5.32 Å². The first kappa shape index (κ1) is 28.6. The van der Waals surface area contributed by atoms with E-state index in [0.29, 0.717) is 0 Å². The lowest BCUT2D eigenvalue weighted by atomic mass is 9.64. The van der Waals surface area contributed by atoms with Crippen LogP contribution in [0.4, 0.5) is 17.1 Å². The van der Waals surface area contributed by atoms with Crippen molar-refractivity contribution < 1.29 is 0 Å². The van der Waals surface area contributed by atoms with Gasteiger partial charge in [-0.2, -0.15) is 0 Å². The van der Waals surface area contributed by atoms with Crippen LogP contribution in [0.2, 0.25) is 0 Å². The molecule has 50 heavy (non-hydrogen) atoms. The molecule has 3 heteroatoms. The van der Waals surface area contributed by atoms with E-state index in [-0.39, 0.29) is 6.17 Å². The molecular formula is C47H33N3. The molecule has 1 aliphatic carbocycles. The Balaban J connectivity index is 1.16. The monoisotopic (exact) mass is 639 g/mol. The summed E-state index contributed by atoms with van der Waals surface area (Å²) in [5.74, 6) is 0. The highest BCUT2D eigenvalue weighted by molar-refractivity contribution is 6.09. The van der Waals surface area contributed by atoms with Gasteiger partial charge in [0.15, 0.2) is 0 Å². The molecule has 3 aliphatic rings. The lowest BCUT2D eigenvalue weighted by Gasteiger charge is -2.45. The Kier molecular flexibility index (Phi) is 6.47. The van der Waals surface area contributed by atoms with E-state index in [2.05, 4.69) is 180 Å². The third-order valence-corrected chi connectivity index (χ3v) is 10.5. The van der Waals surface area contributed by atoms with Crippen LogP contribution in [0.15, 0.2) is 193 Å². The van der Waals surface area contributed by atoms with Crippen LogP contribution in [-0.2, 0) is 5.41 Å². The van der Waals surface area contributed by atoms with Crippen LogP contribution in [0.25, 0.3) is 22.3 Å². The van der Waals surface area contributed by atoms with Gasteiger partial charge in [0.25, 0.3) is 0 Å². The Labute approximate surface area is 292 Å². The minimum Gasteiger partial charge on any atom is -0.366 e. The molecule has 236 valence electrons. The second-order valence-electron chi connectivity index (χ2n) is 13.2. The number of para-hydroxylation sites is 3. The molecule has 2 aliphatic heterocycles. The van der Waals surface area contributed by atoms with Crippen molar-refractivity contribution in [3.05, 3.63) is 222 Å². The molecule has 0 saturated carbocycles. The van der Waals surface area contributed by atoms with Crippen LogP contribution in [-0.4, -0.2) is 5.71 Å². The molecule has 10 rings (SSSR count). The summed E-state index contributed by atoms with van der Waals surface area (Å²) in [7, 11) is 0. The third-order valence-electron chi connectivity index (χ3n) is 10.5. The van der Waals surface area contributed by atoms with Gasteiger partial charge in [0.05, 0.1) is 22.5 Å². The zero-order valence-corrected chi connectivity index (χ0v) is 27.4. The maximum atomic E-state index is 5.11. The molecule has 7 aromatic rings. The van der Waals surface area contributed by atoms with Crippen molar-refractivity contribution in [3.63, 3.8) is 0 Å². The normalized spacial score (nSPS) is 16.1. The van der Waals surface area contributed by atoms with Crippen molar-refractivity contribution in [2.45, 2.75) is 11.6 Å². The summed E-state index contributed by atoms with van der Waals surface area (Å²) >= 11 is 0. The van der Waals surface area contributed by atoms with Crippen molar-refractivity contribution in [2.24, 2.45) is 4.99 Å². The minimum absolute atomic E-state index is 0.166. The van der Waals surface area contributed by atoms with Gasteiger partial charge in [-0.3, -0.25) is 4.99 Å². The number of rotatable bonds is 4. The number of fused-ring (bicyclic) bond motifs is 9. The first-order valence-corrected chi connectivity index (χ1v) is 17.3. The molecule has 0 fully saturated rings. The fourth-order valence-corrected chi connectivity index (χ4v) is 8.42. The third kappa shape index (κ3) is 4.20. The highest BCUT2D eigenvalue weighted by atomic mass is 15.2. The predicted molar refractivity (Wildman–Crippen MR) is 205 cm³/mol. The van der Waals surface area contributed by atoms with Crippen LogP contribution >= 0.6 is 0 Å². The van der Waals surface area contributed by atoms with Gasteiger partial charge in [0.1, 0.15) is 6.17 Å². The average molecular weight is 640 g/mol. The molecule has 1 atom stereocenters. The number of aliphatic imine (C=N–C) groups is 1. The Hall–Kier alpha value is -6.45. The van der Waals surface area contributed by atoms with Gasteiger partial charge >= 0.3 is 0 Å². The second-order valence-corrected chi connectivity index (χ2v) is 13.2. The quantitative estimate of drug-likeness (QED) is 0.207. The number of nitrogens with one attached hydrogen (secondary N) is 1. The van der Waals surface area contributed by atoms with Gasteiger partial charge in [-0.1, -0.05) is 140 Å². The number of allylic oxidation sites excluding steroid dienone is 1. The Morgan fingerprint density at radius 2 is 1.08 bits per heavy atom. The summed E-state index contributed by atoms with van der Waals surface area (Å²) in [6.45, 7) is 0. The van der Waals surface area contributed by atoms with Crippen LogP contribution in [0, 0.1) is 0 Å². The zero-order valence-electron chi connectivity index (χ0n) is 27.4. The maximum absolute atomic E-state index is 5.11. The standard InChI is InChI=1S/C47H33N3/c1-3-14-32(15-4-1)43-28-29-48-46(49-43)35-17-13-16-33(30-35)34-26-27-38-37-20-7-8-21-39(37)47(42(38)31-34)40-22-9-11-24-44(40)50(36-18-5-2-6-19-36)45-25-12-10-23-41(45)47/h1-31,46,48H. The predicted octanol–water partition coefficient (Wildman–Crippen LogP) is 11.1. The van der Waals surface area contributed by atoms with Gasteiger partial charge in [0.2, 0.25) is 0 Å². The van der Waals surface area contributed by atoms with Crippen LogP contribution < -0.4 is 10.2 Å². The summed E-state index contributed by atoms with van der Waals surface area (Å²) in [6.07, 6.45) is 3.90. The summed E-state index contributed by atoms with van der Waals surface area (Å²) in [6, 6.07) is 64.0. The molecule has 0 saturated heterocycles. The van der Waals surface area contributed by atoms with Crippen LogP contribution in [0.3, 0.4) is 0 Å². The van der Waals surface area contributed by atoms with Crippen molar-refractivity contribution in [2.75, 3.05) is 4.90 Å². The summed E-state index contributed by atoms with van der Waals surface area (Å²) in [4.78, 5) is 7.54. The Morgan fingerprint density at radius 3 is 1.84 bits per heavy atom. The number of benzene rings is 7. The van der Waals surface area contributed by atoms with E-state index in [9.17, 15) is 0 Å². The lowest BCUT2D eigenvalue weighted by Crippen LogP contribution is -2.36. The number of anilines is 3. The molecule has 1 N–H and O–H groups in total. The summed E-state index contributed by atoms with van der Waals surface area (Å²) < 4.78 is 0. The van der Waals surface area contributed by atoms with Gasteiger partial charge in [0, 0.05) is 11.9 Å². The molecule has 7 aromatic carbocycles. The first-order valence-electron chi connectivity index (χ1n) is 17.3. The van der Waals surface area contributed by atoms with E-state index < -0.39 is 5.41 Å². The van der Waals surface area contributed by atoms with E-state index in [1.54, 1.807) is 0 Å². The van der Waals surface area contributed by atoms with E-state index in [1.165, 1.54) is 55.9 Å². The zero-order chi connectivity index (χ0) is 33.1. The lowest BCUT2D eigenvalue weighted by molar-refractivity contribution is 0.650. The number of nitrogens with zero attached hydrogens (tertiary/aromatic N) is 2. The Morgan fingerprint density at radius 1 is 0.480 bits per heavy atom. The first-order chi connectivity index (χ1) is 24.8. The highest BCUT2D eigenvalue weighted by Gasteiger charge is 2.51. The number of hydrogen-bond donors (Lipinski definition) is 1. The highest BCUT2D eigenvalue weighted by Crippen LogP contribution is 2.63. The van der Waals surface area contributed by atoms with Crippen molar-refractivity contribution >= 4 is 22.8 Å². The second kappa shape index (κ2) is 11.3. The van der Waals surface area contributed by atoms with Crippen LogP contribution in [0.1, 0.15) is 39.5 Å². The maximum Gasteiger partial charge on any atom is 0.145 e. The molecule has 2 heterocycles. The van der Waals surface area contributed by atoms with Gasteiger partial charge < -0.3 is 10.2 Å². The van der Waals surface area contributed by atoms with Crippen molar-refractivity contribution in [1.29, 1.82) is 0 Å². The molecule has 3 nitrogen and oxygen atoms in total. The topological polar surface area (TPSA) is 27.6 Å². The fourth-order valence-electron chi connectivity index (χ4n) is 8.42. The van der Waals surface area contributed by atoms with E-state index in [4.69, 9.17) is 4.99 Å². The molecule has 0 bridgehead atoms.